The molecule has 0 aromatic carbocycles. The minimum atomic E-state index is -1.06. The first-order chi connectivity index (χ1) is 8.43. The van der Waals surface area contributed by atoms with Gasteiger partial charge >= 0.3 is 11.9 Å². The van der Waals surface area contributed by atoms with Crippen LogP contribution in [0.2, 0.25) is 0 Å². The van der Waals surface area contributed by atoms with Crippen molar-refractivity contribution in [1.82, 2.24) is 5.32 Å². The third-order valence-electron chi connectivity index (χ3n) is 1.89. The molecule has 0 saturated carbocycles. The number of carbonyl (C=O) groups is 3. The Bertz CT molecular complexity index is 330. The van der Waals surface area contributed by atoms with Crippen LogP contribution < -0.4 is 11.1 Å². The zero-order valence-corrected chi connectivity index (χ0v) is 12.7. The van der Waals surface area contributed by atoms with Gasteiger partial charge in [-0.1, -0.05) is 0 Å². The van der Waals surface area contributed by atoms with Crippen LogP contribution in [0.4, 0.5) is 0 Å². The lowest BCUT2D eigenvalue weighted by Crippen LogP contribution is -2.45. The van der Waals surface area contributed by atoms with E-state index in [1.807, 2.05) is 0 Å². The number of hydrogen-bond donors (Lipinski definition) is 6. The van der Waals surface area contributed by atoms with Crippen LogP contribution >= 0.6 is 25.3 Å². The van der Waals surface area contributed by atoms with Crippen molar-refractivity contribution >= 4 is 43.1 Å². The van der Waals surface area contributed by atoms with Crippen molar-refractivity contribution in [2.24, 2.45) is 5.73 Å². The Morgan fingerprint density at radius 3 is 1.74 bits per heavy atom. The van der Waals surface area contributed by atoms with Crippen LogP contribution in [-0.2, 0) is 14.4 Å². The summed E-state index contributed by atoms with van der Waals surface area (Å²) in [5, 5.41) is 18.9. The summed E-state index contributed by atoms with van der Waals surface area (Å²) in [6.45, 7) is 4.59. The molecular weight excluding hydrogens is 292 g/mol. The average molecular weight is 312 g/mol. The molecule has 0 heterocycles. The van der Waals surface area contributed by atoms with Gasteiger partial charge in [0.1, 0.15) is 12.1 Å². The van der Waals surface area contributed by atoms with E-state index in [1.54, 1.807) is 13.8 Å². The zero-order valence-electron chi connectivity index (χ0n) is 11.0. The van der Waals surface area contributed by atoms with E-state index < -0.39 is 28.8 Å². The summed E-state index contributed by atoms with van der Waals surface area (Å²) < 4.78 is -0.647. The summed E-state index contributed by atoms with van der Waals surface area (Å²) in [5.74, 6) is -2.34. The number of rotatable bonds is 5. The Kier molecular flexibility index (Phi) is 9.71. The lowest BCUT2D eigenvalue weighted by atomic mass is 10.1. The van der Waals surface area contributed by atoms with Crippen LogP contribution in [-0.4, -0.2) is 50.6 Å². The molecule has 0 saturated heterocycles. The Labute approximate surface area is 122 Å². The molecule has 0 bridgehead atoms. The molecule has 0 spiro atoms. The molecule has 9 heteroatoms. The number of aliphatic carboxylic acids is 2. The van der Waals surface area contributed by atoms with Gasteiger partial charge in [-0.25, -0.2) is 4.79 Å². The van der Waals surface area contributed by atoms with E-state index in [2.05, 4.69) is 30.6 Å². The molecule has 1 amide bonds. The van der Waals surface area contributed by atoms with E-state index in [0.29, 0.717) is 0 Å². The molecule has 0 aromatic rings. The van der Waals surface area contributed by atoms with E-state index in [9.17, 15) is 14.4 Å². The molecule has 112 valence electrons. The number of hydrogen-bond acceptors (Lipinski definition) is 6. The molecule has 0 aromatic heterocycles. The van der Waals surface area contributed by atoms with Gasteiger partial charge in [-0.3, -0.25) is 9.59 Å². The maximum Gasteiger partial charge on any atom is 0.327 e. The highest BCUT2D eigenvalue weighted by atomic mass is 32.1. The summed E-state index contributed by atoms with van der Waals surface area (Å²) in [6.07, 6.45) is 0. The maximum atomic E-state index is 10.3. The molecule has 0 fully saturated rings. The monoisotopic (exact) mass is 312 g/mol. The summed E-state index contributed by atoms with van der Waals surface area (Å²) in [6, 6.07) is -1.78. The fourth-order valence-electron chi connectivity index (χ4n) is 0.733. The molecule has 5 N–H and O–H groups in total. The second-order valence-electron chi connectivity index (χ2n) is 4.24. The highest BCUT2D eigenvalue weighted by Gasteiger charge is 2.27. The summed E-state index contributed by atoms with van der Waals surface area (Å²) in [5.41, 5.74) is 5.22. The molecule has 7 nitrogen and oxygen atoms in total. The summed E-state index contributed by atoms with van der Waals surface area (Å²) in [4.78, 5) is 30.7. The average Bonchev–Trinajstić information content (AvgIpc) is 2.23. The van der Waals surface area contributed by atoms with Gasteiger partial charge in [0, 0.05) is 17.4 Å². The van der Waals surface area contributed by atoms with E-state index in [4.69, 9.17) is 15.9 Å². The lowest BCUT2D eigenvalue weighted by Gasteiger charge is -2.21. The molecule has 0 aliphatic carbocycles. The van der Waals surface area contributed by atoms with Crippen LogP contribution in [0, 0.1) is 0 Å². The van der Waals surface area contributed by atoms with Gasteiger partial charge in [-0.2, -0.15) is 25.3 Å². The van der Waals surface area contributed by atoms with Crippen molar-refractivity contribution in [1.29, 1.82) is 0 Å². The minimum absolute atomic E-state index is 0.106. The highest BCUT2D eigenvalue weighted by Crippen LogP contribution is 2.15. The Hall–Kier alpha value is -0.930. The molecule has 19 heavy (non-hydrogen) atoms. The first kappa shape index (κ1) is 20.4. The molecule has 0 radical (unpaired) electrons. The Balaban J connectivity index is 0. The fraction of sp³-hybridized carbons (Fsp3) is 0.700. The first-order valence-electron chi connectivity index (χ1n) is 5.25. The van der Waals surface area contributed by atoms with Crippen molar-refractivity contribution in [3.8, 4) is 0 Å². The van der Waals surface area contributed by atoms with Gasteiger partial charge in [0.15, 0.2) is 0 Å². The number of carboxylic acid groups (broad SMARTS) is 2. The zero-order chi connectivity index (χ0) is 15.8. The van der Waals surface area contributed by atoms with Gasteiger partial charge in [0.2, 0.25) is 5.91 Å². The second kappa shape index (κ2) is 9.05. The SMILES string of the molecule is CC(=O)N[C@@H](CS)C(=O)O.CC(C)(S)[C@@H](N)C(=O)O. The van der Waals surface area contributed by atoms with Gasteiger partial charge in [0.25, 0.3) is 0 Å². The number of thiol groups is 2. The van der Waals surface area contributed by atoms with Crippen molar-refractivity contribution in [2.75, 3.05) is 5.75 Å². The lowest BCUT2D eigenvalue weighted by molar-refractivity contribution is -0.141. The largest absolute Gasteiger partial charge is 0.480 e. The van der Waals surface area contributed by atoms with E-state index in [-0.39, 0.29) is 11.7 Å². The highest BCUT2D eigenvalue weighted by molar-refractivity contribution is 7.81. The molecule has 2 atom stereocenters. The van der Waals surface area contributed by atoms with Crippen molar-refractivity contribution in [3.05, 3.63) is 0 Å². The van der Waals surface area contributed by atoms with Gasteiger partial charge in [-0.05, 0) is 13.8 Å². The molecule has 0 aliphatic heterocycles. The number of nitrogens with one attached hydrogen (secondary N) is 1. The topological polar surface area (TPSA) is 130 Å². The van der Waals surface area contributed by atoms with Crippen LogP contribution in [0.1, 0.15) is 20.8 Å². The van der Waals surface area contributed by atoms with Crippen molar-refractivity contribution in [2.45, 2.75) is 37.6 Å². The quantitative estimate of drug-likeness (QED) is 0.384. The number of carbonyl (C=O) groups excluding carboxylic acids is 1. The molecule has 0 aliphatic rings. The standard InChI is InChI=1S/C5H9NO3S.C5H11NO2S/c1-3(7)6-4(2-10)5(8)9;1-5(2,9)3(6)4(7)8/h4,10H,2H2,1H3,(H,6,7)(H,8,9);3,9H,6H2,1-2H3,(H,7,8)/t4-;3-/m00/s1. The smallest absolute Gasteiger partial charge is 0.327 e. The predicted molar refractivity (Wildman–Crippen MR) is 77.8 cm³/mol. The fourth-order valence-corrected chi connectivity index (χ4v) is 1.09. The van der Waals surface area contributed by atoms with Gasteiger partial charge in [-0.15, -0.1) is 0 Å². The third kappa shape index (κ3) is 10.7. The Morgan fingerprint density at radius 1 is 1.26 bits per heavy atom. The Morgan fingerprint density at radius 2 is 1.68 bits per heavy atom. The predicted octanol–water partition coefficient (Wildman–Crippen LogP) is -0.388. The van der Waals surface area contributed by atoms with E-state index >= 15 is 0 Å². The first-order valence-corrected chi connectivity index (χ1v) is 6.33. The van der Waals surface area contributed by atoms with E-state index in [0.717, 1.165) is 0 Å². The molecule has 0 rings (SSSR count). The second-order valence-corrected chi connectivity index (χ2v) is 5.76. The van der Waals surface area contributed by atoms with Crippen molar-refractivity contribution in [3.63, 3.8) is 0 Å². The number of carboxylic acids is 2. The van der Waals surface area contributed by atoms with Crippen LogP contribution in [0.5, 0.6) is 0 Å². The van der Waals surface area contributed by atoms with E-state index in [1.165, 1.54) is 6.92 Å². The van der Waals surface area contributed by atoms with Crippen molar-refractivity contribution < 1.29 is 24.6 Å². The summed E-state index contributed by atoms with van der Waals surface area (Å²) in [7, 11) is 0. The van der Waals surface area contributed by atoms with Crippen LogP contribution in [0.25, 0.3) is 0 Å². The van der Waals surface area contributed by atoms with Gasteiger partial charge in [0.05, 0.1) is 0 Å². The van der Waals surface area contributed by atoms with Crippen LogP contribution in [0.15, 0.2) is 0 Å². The van der Waals surface area contributed by atoms with Crippen LogP contribution in [0.3, 0.4) is 0 Å². The summed E-state index contributed by atoms with van der Waals surface area (Å²) >= 11 is 7.72. The number of nitrogens with two attached hydrogens (primary N) is 1. The molecule has 0 unspecified atom stereocenters. The normalized spacial score (nSPS) is 13.6. The molecular formula is C10H20N2O5S2. The minimum Gasteiger partial charge on any atom is -0.480 e. The number of amides is 1. The third-order valence-corrected chi connectivity index (χ3v) is 2.53. The maximum absolute atomic E-state index is 10.3. The van der Waals surface area contributed by atoms with Gasteiger partial charge < -0.3 is 21.3 Å².